The van der Waals surface area contributed by atoms with Crippen LogP contribution in [0.2, 0.25) is 5.02 Å². The lowest BCUT2D eigenvalue weighted by Crippen LogP contribution is -2.25. The Balaban J connectivity index is 2.23. The summed E-state index contributed by atoms with van der Waals surface area (Å²) in [5, 5.41) is 5.45. The predicted molar refractivity (Wildman–Crippen MR) is 113 cm³/mol. The Morgan fingerprint density at radius 3 is 2.41 bits per heavy atom. The molecular formula is C21H27ClN4O. The van der Waals surface area contributed by atoms with Crippen LogP contribution in [0.5, 0.6) is 5.75 Å². The van der Waals surface area contributed by atoms with Crippen LogP contribution in [0.3, 0.4) is 0 Å². The zero-order valence-corrected chi connectivity index (χ0v) is 17.5. The van der Waals surface area contributed by atoms with Gasteiger partial charge in [-0.05, 0) is 44.0 Å². The molecule has 0 unspecified atom stereocenters. The molecular weight excluding hydrogens is 360 g/mol. The van der Waals surface area contributed by atoms with Crippen LogP contribution < -0.4 is 9.64 Å². The summed E-state index contributed by atoms with van der Waals surface area (Å²) in [4.78, 5) is 7.23. The Labute approximate surface area is 165 Å². The van der Waals surface area contributed by atoms with Crippen molar-refractivity contribution in [2.45, 2.75) is 33.6 Å². The van der Waals surface area contributed by atoms with Crippen molar-refractivity contribution in [3.8, 4) is 17.0 Å². The molecule has 0 aliphatic rings. The van der Waals surface area contributed by atoms with Crippen LogP contribution in [0.4, 0.5) is 5.69 Å². The fraction of sp³-hybridized carbons (Fsp3) is 0.429. The molecule has 0 aliphatic carbocycles. The van der Waals surface area contributed by atoms with Gasteiger partial charge in [0, 0.05) is 31.4 Å². The van der Waals surface area contributed by atoms with Gasteiger partial charge in [-0.2, -0.15) is 5.10 Å². The molecule has 2 aromatic heterocycles. The highest BCUT2D eigenvalue weighted by molar-refractivity contribution is 6.33. The summed E-state index contributed by atoms with van der Waals surface area (Å²) in [6.07, 6.45) is 2.18. The summed E-state index contributed by atoms with van der Waals surface area (Å²) in [6, 6.07) is 7.85. The number of fused-ring (bicyclic) bond motifs is 1. The Hall–Kier alpha value is -2.27. The lowest BCUT2D eigenvalue weighted by atomic mass is 10.1. The second-order valence-corrected chi connectivity index (χ2v) is 7.19. The molecule has 6 heteroatoms. The molecule has 2 heterocycles. The Kier molecular flexibility index (Phi) is 5.90. The highest BCUT2D eigenvalue weighted by Gasteiger charge is 2.21. The summed E-state index contributed by atoms with van der Waals surface area (Å²) in [7, 11) is 3.58. The Bertz CT molecular complexity index is 945. The maximum absolute atomic E-state index is 6.55. The van der Waals surface area contributed by atoms with Crippen LogP contribution in [0, 0.1) is 6.92 Å². The number of hydrogen-bond donors (Lipinski definition) is 0. The first kappa shape index (κ1) is 19.5. The van der Waals surface area contributed by atoms with E-state index < -0.39 is 0 Å². The molecule has 0 aliphatic heterocycles. The minimum absolute atomic E-state index is 0.628. The zero-order chi connectivity index (χ0) is 19.6. The molecule has 0 radical (unpaired) electrons. The first-order valence-corrected chi connectivity index (χ1v) is 9.81. The maximum atomic E-state index is 6.55. The smallest absolute Gasteiger partial charge is 0.135 e. The molecule has 5 nitrogen and oxygen atoms in total. The van der Waals surface area contributed by atoms with E-state index in [9.17, 15) is 0 Å². The number of aromatic nitrogens is 3. The van der Waals surface area contributed by atoms with Gasteiger partial charge in [0.2, 0.25) is 0 Å². The predicted octanol–water partition coefficient (Wildman–Crippen LogP) is 5.23. The quantitative estimate of drug-likeness (QED) is 0.557. The number of ether oxygens (including phenoxy) is 1. The lowest BCUT2D eigenvalue weighted by molar-refractivity contribution is 0.415. The zero-order valence-electron chi connectivity index (χ0n) is 16.7. The summed E-state index contributed by atoms with van der Waals surface area (Å²) in [5.74, 6) is 0.733. The fourth-order valence-electron chi connectivity index (χ4n) is 3.52. The van der Waals surface area contributed by atoms with Crippen molar-refractivity contribution < 1.29 is 4.74 Å². The number of methoxy groups -OCH3 is 1. The van der Waals surface area contributed by atoms with Crippen molar-refractivity contribution in [3.63, 3.8) is 0 Å². The molecule has 0 saturated carbocycles. The average Bonchev–Trinajstić information content (AvgIpc) is 2.96. The average molecular weight is 387 g/mol. The number of halogens is 1. The minimum atomic E-state index is 0.628. The topological polar surface area (TPSA) is 43.2 Å². The number of pyridine rings is 1. The third-order valence-corrected chi connectivity index (χ3v) is 4.97. The summed E-state index contributed by atoms with van der Waals surface area (Å²) >= 11 is 6.55. The van der Waals surface area contributed by atoms with Gasteiger partial charge >= 0.3 is 0 Å². The van der Waals surface area contributed by atoms with Gasteiger partial charge in [-0.1, -0.05) is 25.4 Å². The van der Waals surface area contributed by atoms with E-state index in [1.807, 2.05) is 36.9 Å². The van der Waals surface area contributed by atoms with E-state index in [1.54, 1.807) is 7.11 Å². The number of hydrogen-bond acceptors (Lipinski definition) is 4. The molecule has 3 rings (SSSR count). The van der Waals surface area contributed by atoms with E-state index in [4.69, 9.17) is 26.4 Å². The molecule has 27 heavy (non-hydrogen) atoms. The van der Waals surface area contributed by atoms with Crippen LogP contribution >= 0.6 is 11.6 Å². The van der Waals surface area contributed by atoms with E-state index in [1.165, 1.54) is 0 Å². The molecule has 3 aromatic rings. The second kappa shape index (κ2) is 8.17. The van der Waals surface area contributed by atoms with E-state index >= 15 is 0 Å². The van der Waals surface area contributed by atoms with Crippen molar-refractivity contribution in [2.24, 2.45) is 7.05 Å². The van der Waals surface area contributed by atoms with Gasteiger partial charge < -0.3 is 9.64 Å². The van der Waals surface area contributed by atoms with Crippen molar-refractivity contribution in [2.75, 3.05) is 25.1 Å². The minimum Gasteiger partial charge on any atom is -0.497 e. The third-order valence-electron chi connectivity index (χ3n) is 4.66. The van der Waals surface area contributed by atoms with E-state index in [-0.39, 0.29) is 0 Å². The Morgan fingerprint density at radius 1 is 1.11 bits per heavy atom. The number of rotatable bonds is 7. The molecule has 0 saturated heterocycles. The standard InChI is InChI=1S/C21H27ClN4O/c1-6-10-26(11-7-2)18-12-14(3)23-20-19(18)24-25(4)21(20)16-9-8-15(27-5)13-17(16)22/h8-9,12-13H,6-7,10-11H2,1-5H3. The molecule has 0 fully saturated rings. The highest BCUT2D eigenvalue weighted by Crippen LogP contribution is 2.37. The number of aryl methyl sites for hydroxylation is 2. The van der Waals surface area contributed by atoms with Crippen molar-refractivity contribution in [1.29, 1.82) is 0 Å². The first-order chi connectivity index (χ1) is 13.0. The van der Waals surface area contributed by atoms with Gasteiger partial charge in [0.15, 0.2) is 0 Å². The van der Waals surface area contributed by atoms with Gasteiger partial charge in [0.05, 0.1) is 23.5 Å². The number of nitrogens with zero attached hydrogens (tertiary/aromatic N) is 4. The molecule has 0 bridgehead atoms. The van der Waals surface area contributed by atoms with Gasteiger partial charge in [-0.25, -0.2) is 4.98 Å². The lowest BCUT2D eigenvalue weighted by Gasteiger charge is -2.24. The molecule has 1 aromatic carbocycles. The van der Waals surface area contributed by atoms with Crippen LogP contribution in [0.1, 0.15) is 32.4 Å². The van der Waals surface area contributed by atoms with Gasteiger partial charge in [0.25, 0.3) is 0 Å². The van der Waals surface area contributed by atoms with Crippen LogP contribution in [-0.2, 0) is 7.05 Å². The second-order valence-electron chi connectivity index (χ2n) is 6.79. The number of benzene rings is 1. The summed E-state index contributed by atoms with van der Waals surface area (Å²) in [6.45, 7) is 8.44. The maximum Gasteiger partial charge on any atom is 0.135 e. The monoisotopic (exact) mass is 386 g/mol. The molecule has 0 N–H and O–H groups in total. The van der Waals surface area contributed by atoms with Gasteiger partial charge in [-0.15, -0.1) is 0 Å². The molecule has 0 amide bonds. The SMILES string of the molecule is CCCN(CCC)c1cc(C)nc2c(-c3ccc(OC)cc3Cl)n(C)nc12. The van der Waals surface area contributed by atoms with Gasteiger partial charge in [-0.3, -0.25) is 4.68 Å². The first-order valence-electron chi connectivity index (χ1n) is 9.43. The fourth-order valence-corrected chi connectivity index (χ4v) is 3.78. The van der Waals surface area contributed by atoms with Crippen molar-refractivity contribution >= 4 is 28.3 Å². The van der Waals surface area contributed by atoms with Crippen LogP contribution in [-0.4, -0.2) is 35.0 Å². The normalized spacial score (nSPS) is 11.2. The molecule has 0 atom stereocenters. The Morgan fingerprint density at radius 2 is 1.81 bits per heavy atom. The van der Waals surface area contributed by atoms with Crippen molar-refractivity contribution in [3.05, 3.63) is 35.0 Å². The van der Waals surface area contributed by atoms with Gasteiger partial charge in [0.1, 0.15) is 16.8 Å². The van der Waals surface area contributed by atoms with Crippen LogP contribution in [0.25, 0.3) is 22.3 Å². The highest BCUT2D eigenvalue weighted by atomic mass is 35.5. The molecule has 0 spiro atoms. The summed E-state index contributed by atoms with van der Waals surface area (Å²) < 4.78 is 7.16. The van der Waals surface area contributed by atoms with E-state index in [0.29, 0.717) is 5.02 Å². The van der Waals surface area contributed by atoms with Crippen LogP contribution in [0.15, 0.2) is 24.3 Å². The largest absolute Gasteiger partial charge is 0.497 e. The van der Waals surface area contributed by atoms with E-state index in [0.717, 1.165) is 65.4 Å². The third kappa shape index (κ3) is 3.74. The van der Waals surface area contributed by atoms with E-state index in [2.05, 4.69) is 24.8 Å². The summed E-state index contributed by atoms with van der Waals surface area (Å²) in [5.41, 5.74) is 5.77. The molecule has 144 valence electrons. The van der Waals surface area contributed by atoms with Crippen molar-refractivity contribution in [1.82, 2.24) is 14.8 Å². The number of anilines is 1.